The molecule has 0 unspecified atom stereocenters. The lowest BCUT2D eigenvalue weighted by atomic mass is 10.2. The molecule has 0 fully saturated rings. The Balaban J connectivity index is 2.02. The van der Waals surface area contributed by atoms with Crippen LogP contribution in [0.2, 0.25) is 0 Å². The highest BCUT2D eigenvalue weighted by Crippen LogP contribution is 2.34. The molecule has 0 radical (unpaired) electrons. The average molecular weight is 388 g/mol. The molecule has 2 nitrogen and oxygen atoms in total. The molecule has 0 spiro atoms. The average Bonchev–Trinajstić information content (AvgIpc) is 2.68. The third kappa shape index (κ3) is 5.41. The lowest BCUT2D eigenvalue weighted by Gasteiger charge is -2.21. The highest BCUT2D eigenvalue weighted by Gasteiger charge is 2.19. The maximum absolute atomic E-state index is 12.1. The van der Waals surface area contributed by atoms with Gasteiger partial charge >= 0.3 is 5.97 Å². The monoisotopic (exact) mass is 388 g/mol. The summed E-state index contributed by atoms with van der Waals surface area (Å²) < 4.78 is 5.41. The van der Waals surface area contributed by atoms with Gasteiger partial charge in [0.05, 0.1) is 0 Å². The molecule has 0 heterocycles. The summed E-state index contributed by atoms with van der Waals surface area (Å²) in [4.78, 5) is 12.1. The van der Waals surface area contributed by atoms with Crippen molar-refractivity contribution in [2.24, 2.45) is 0 Å². The van der Waals surface area contributed by atoms with Crippen molar-refractivity contribution < 1.29 is 9.53 Å². The number of hydrogen-bond donors (Lipinski definition) is 0. The first-order valence-corrected chi connectivity index (χ1v) is 10.7. The van der Waals surface area contributed by atoms with E-state index in [1.54, 1.807) is 0 Å². The van der Waals surface area contributed by atoms with Crippen molar-refractivity contribution in [1.29, 1.82) is 0 Å². The predicted molar refractivity (Wildman–Crippen MR) is 120 cm³/mol. The fraction of sp³-hybridized carbons (Fsp3) is 0.160. The zero-order valence-electron chi connectivity index (χ0n) is 16.5. The summed E-state index contributed by atoms with van der Waals surface area (Å²) in [5.74, 6) is -0.328. The summed E-state index contributed by atoms with van der Waals surface area (Å²) in [6.07, 6.45) is 3.39. The first-order valence-electron chi connectivity index (χ1n) is 9.34. The van der Waals surface area contributed by atoms with Crippen LogP contribution in [-0.2, 0) is 9.53 Å². The van der Waals surface area contributed by atoms with Crippen molar-refractivity contribution in [2.45, 2.75) is 26.4 Å². The van der Waals surface area contributed by atoms with Gasteiger partial charge < -0.3 is 4.74 Å². The first kappa shape index (κ1) is 20.0. The molecular weight excluding hydrogens is 363 g/mol. The molecule has 0 aliphatic carbocycles. The fourth-order valence-corrected chi connectivity index (χ4v) is 5.34. The fourth-order valence-electron chi connectivity index (χ4n) is 2.91. The van der Waals surface area contributed by atoms with Crippen molar-refractivity contribution >= 4 is 35.9 Å². The van der Waals surface area contributed by atoms with Gasteiger partial charge in [-0.05, 0) is 56.2 Å². The summed E-state index contributed by atoms with van der Waals surface area (Å²) >= 11 is 0. The molecule has 3 aromatic rings. The van der Waals surface area contributed by atoms with Crippen LogP contribution in [0.5, 0.6) is 0 Å². The quantitative estimate of drug-likeness (QED) is 0.357. The van der Waals surface area contributed by atoms with E-state index in [4.69, 9.17) is 4.74 Å². The summed E-state index contributed by atoms with van der Waals surface area (Å²) in [5.41, 5.74) is 0.536. The summed E-state index contributed by atoms with van der Waals surface area (Å²) in [5, 5.41) is 3.78. The van der Waals surface area contributed by atoms with E-state index in [1.165, 1.54) is 22.0 Å². The van der Waals surface area contributed by atoms with E-state index in [-0.39, 0.29) is 5.97 Å². The second-order valence-electron chi connectivity index (χ2n) is 7.43. The van der Waals surface area contributed by atoms with Crippen LogP contribution in [0.3, 0.4) is 0 Å². The zero-order valence-corrected chi connectivity index (χ0v) is 17.4. The van der Waals surface area contributed by atoms with Crippen LogP contribution in [0.1, 0.15) is 26.3 Å². The molecule has 3 rings (SSSR count). The Bertz CT molecular complexity index is 902. The van der Waals surface area contributed by atoms with Gasteiger partial charge in [-0.25, -0.2) is 4.79 Å². The predicted octanol–water partition coefficient (Wildman–Crippen LogP) is 4.80. The second-order valence-corrected chi connectivity index (χ2v) is 9.62. The minimum atomic E-state index is -0.728. The van der Waals surface area contributed by atoms with Crippen LogP contribution in [-0.4, -0.2) is 11.6 Å². The topological polar surface area (TPSA) is 26.3 Å². The molecule has 142 valence electrons. The Morgan fingerprint density at radius 3 is 1.82 bits per heavy atom. The van der Waals surface area contributed by atoms with Crippen LogP contribution < -0.4 is 15.9 Å². The number of rotatable bonds is 5. The normalized spacial score (nSPS) is 11.7. The number of carbonyl (C=O) groups excluding carboxylic acids is 1. The Morgan fingerprint density at radius 1 is 0.786 bits per heavy atom. The molecule has 0 bridgehead atoms. The van der Waals surface area contributed by atoms with Crippen LogP contribution in [0.25, 0.3) is 6.08 Å². The molecular formula is C25H25O2P. The lowest BCUT2D eigenvalue weighted by Crippen LogP contribution is -2.23. The molecule has 0 atom stereocenters. The van der Waals surface area contributed by atoms with E-state index in [9.17, 15) is 4.79 Å². The molecule has 0 aliphatic heterocycles. The van der Waals surface area contributed by atoms with Crippen molar-refractivity contribution in [1.82, 2.24) is 0 Å². The summed E-state index contributed by atoms with van der Waals surface area (Å²) in [6.45, 7) is 5.62. The minimum absolute atomic E-state index is 0.328. The van der Waals surface area contributed by atoms with E-state index in [0.29, 0.717) is 0 Å². The molecule has 0 aliphatic rings. The van der Waals surface area contributed by atoms with Crippen molar-refractivity contribution in [3.63, 3.8) is 0 Å². The van der Waals surface area contributed by atoms with Gasteiger partial charge in [0, 0.05) is 6.08 Å². The van der Waals surface area contributed by atoms with Crippen LogP contribution in [0.15, 0.2) is 91.0 Å². The van der Waals surface area contributed by atoms with Crippen molar-refractivity contribution in [3.8, 4) is 0 Å². The molecule has 3 aromatic carbocycles. The number of ether oxygens (including phenoxy) is 1. The highest BCUT2D eigenvalue weighted by molar-refractivity contribution is 7.80. The van der Waals surface area contributed by atoms with Gasteiger partial charge in [0.2, 0.25) is 0 Å². The first-order chi connectivity index (χ1) is 13.4. The number of esters is 1. The van der Waals surface area contributed by atoms with E-state index in [0.717, 1.165) is 5.56 Å². The van der Waals surface area contributed by atoms with Gasteiger partial charge in [0.25, 0.3) is 0 Å². The SMILES string of the molecule is CC(C)(C)OC(=O)/C=C/c1ccccc1P(c1ccccc1)c1ccccc1. The molecule has 0 aromatic heterocycles. The maximum Gasteiger partial charge on any atom is 0.331 e. The van der Waals surface area contributed by atoms with Crippen LogP contribution in [0, 0.1) is 0 Å². The van der Waals surface area contributed by atoms with Gasteiger partial charge in [-0.15, -0.1) is 0 Å². The molecule has 28 heavy (non-hydrogen) atoms. The van der Waals surface area contributed by atoms with Gasteiger partial charge in [-0.3, -0.25) is 0 Å². The van der Waals surface area contributed by atoms with Gasteiger partial charge in [0.1, 0.15) is 5.60 Å². The number of hydrogen-bond acceptors (Lipinski definition) is 2. The largest absolute Gasteiger partial charge is 0.457 e. The molecule has 0 N–H and O–H groups in total. The lowest BCUT2D eigenvalue weighted by molar-refractivity contribution is -0.148. The second kappa shape index (κ2) is 8.99. The van der Waals surface area contributed by atoms with E-state index in [1.807, 2.05) is 45.0 Å². The molecule has 3 heteroatoms. The van der Waals surface area contributed by atoms with Gasteiger partial charge in [-0.2, -0.15) is 0 Å². The molecule has 0 saturated heterocycles. The zero-order chi connectivity index (χ0) is 20.0. The van der Waals surface area contributed by atoms with E-state index < -0.39 is 13.5 Å². The highest BCUT2D eigenvalue weighted by atomic mass is 31.1. The van der Waals surface area contributed by atoms with Gasteiger partial charge in [0.15, 0.2) is 0 Å². The van der Waals surface area contributed by atoms with E-state index in [2.05, 4.69) is 66.7 Å². The maximum atomic E-state index is 12.1. The standard InChI is InChI=1S/C25H25O2P/c1-25(2,3)27-24(26)19-18-20-12-10-11-17-23(20)28(21-13-6-4-7-14-21)22-15-8-5-9-16-22/h4-19H,1-3H3/b19-18+. The third-order valence-electron chi connectivity index (χ3n) is 4.01. The minimum Gasteiger partial charge on any atom is -0.457 e. The van der Waals surface area contributed by atoms with Gasteiger partial charge in [-0.1, -0.05) is 84.9 Å². The Hall–Kier alpha value is -2.70. The number of carbonyl (C=O) groups is 1. The van der Waals surface area contributed by atoms with Crippen LogP contribution >= 0.6 is 7.92 Å². The Kier molecular flexibility index (Phi) is 6.44. The summed E-state index contributed by atoms with van der Waals surface area (Å²) in [6, 6.07) is 29.3. The smallest absolute Gasteiger partial charge is 0.331 e. The van der Waals surface area contributed by atoms with Crippen LogP contribution in [0.4, 0.5) is 0 Å². The number of benzene rings is 3. The summed E-state index contributed by atoms with van der Waals surface area (Å²) in [7, 11) is -0.728. The Labute approximate surface area is 168 Å². The molecule has 0 amide bonds. The van der Waals surface area contributed by atoms with E-state index >= 15 is 0 Å². The molecule has 0 saturated carbocycles. The third-order valence-corrected chi connectivity index (χ3v) is 6.53. The van der Waals surface area contributed by atoms with Crippen molar-refractivity contribution in [2.75, 3.05) is 0 Å². The van der Waals surface area contributed by atoms with Crippen molar-refractivity contribution in [3.05, 3.63) is 96.6 Å². The Morgan fingerprint density at radius 2 is 1.29 bits per heavy atom.